The van der Waals surface area contributed by atoms with Crippen molar-refractivity contribution in [2.75, 3.05) is 0 Å². The van der Waals surface area contributed by atoms with Crippen LogP contribution in [0.1, 0.15) is 102 Å². The van der Waals surface area contributed by atoms with Gasteiger partial charge in [0, 0.05) is 46.5 Å². The number of fused-ring (bicyclic) bond motifs is 3. The fourth-order valence-corrected chi connectivity index (χ4v) is 7.84. The van der Waals surface area contributed by atoms with Crippen LogP contribution in [-0.4, -0.2) is 15.0 Å². The minimum atomic E-state index is -3.17. The Morgan fingerprint density at radius 3 is 1.55 bits per heavy atom. The predicted octanol–water partition coefficient (Wildman–Crippen LogP) is 14.8. The smallest absolute Gasteiger partial charge is 0.500 e. The van der Waals surface area contributed by atoms with Gasteiger partial charge in [-0.05, 0) is 136 Å². The standard InChI is InChI=1S/C61H57FN3O.Ir/c1-60(2,3)36-49-33-56(45-14-9-7-10-15-45)64-39-47(49)25-22-43-30-42(31-44(32-43)23-26-48-40-65-57(46-16-11-8-12-17-46)34-50(48)37-61(4,5)6)21-20-41-24-29-55(63-38-41)54-19-13-18-53-52-28-27-51(62)35-58(52)66-59(53)54;/h7-14,16,18,24,27-35,38-40H,20-23,25-26,36-37H2,1-6H3;/q-3;+3/i20D2,21D2,22D2,23D2,25D2,26D2;. The molecule has 0 fully saturated rings. The van der Waals surface area contributed by atoms with E-state index in [9.17, 15) is 20.8 Å². The number of hydrogen-bond acceptors (Lipinski definition) is 4. The molecule has 4 heterocycles. The van der Waals surface area contributed by atoms with E-state index in [2.05, 4.69) is 33.2 Å². The molecule has 0 amide bonds. The SMILES string of the molecule is [2H]C([2H])(c1ccc(-c2[c-]ccc3c2oc2cc(F)ccc23)nc1)C([2H])([2H])c1cc(C([2H])([2H])C([2H])([2H])c2cnc(-c3[c-]cccc3)cc2CC(C)(C)C)cc(C([2H])([2H])C([2H])([2H])c2cnc(-c3[c-]cccc3)cc2CC(C)(C)C)c1.[Ir+3]. The molecule has 0 aliphatic rings. The molecule has 6 heteroatoms. The number of hydrogen-bond donors (Lipinski definition) is 0. The Hall–Kier alpha value is -6.07. The molecule has 0 saturated carbocycles. The number of aryl methyl sites for hydroxylation is 6. The van der Waals surface area contributed by atoms with Crippen molar-refractivity contribution in [3.05, 3.63) is 208 Å². The Balaban J connectivity index is 0.00000822. The van der Waals surface area contributed by atoms with Gasteiger partial charge < -0.3 is 19.4 Å². The summed E-state index contributed by atoms with van der Waals surface area (Å²) >= 11 is 0. The first kappa shape index (κ1) is 34.3. The monoisotopic (exact) mass is 1070 g/mol. The first-order valence-electron chi connectivity index (χ1n) is 27.9. The van der Waals surface area contributed by atoms with Crippen LogP contribution < -0.4 is 0 Å². The van der Waals surface area contributed by atoms with Crippen molar-refractivity contribution in [2.45, 2.75) is 92.6 Å². The second kappa shape index (κ2) is 20.4. The van der Waals surface area contributed by atoms with E-state index >= 15 is 0 Å². The molecule has 338 valence electrons. The summed E-state index contributed by atoms with van der Waals surface area (Å²) in [5.41, 5.74) is 1.28. The first-order chi connectivity index (χ1) is 36.3. The minimum Gasteiger partial charge on any atom is -0.500 e. The van der Waals surface area contributed by atoms with Crippen molar-refractivity contribution in [3.8, 4) is 33.8 Å². The van der Waals surface area contributed by atoms with Crippen molar-refractivity contribution in [3.63, 3.8) is 0 Å². The molecule has 0 radical (unpaired) electrons. The molecule has 9 aromatic rings. The van der Waals surface area contributed by atoms with E-state index in [1.54, 1.807) is 66.7 Å². The molecule has 5 aromatic carbocycles. The summed E-state index contributed by atoms with van der Waals surface area (Å²) < 4.78 is 137. The van der Waals surface area contributed by atoms with Gasteiger partial charge >= 0.3 is 20.1 Å². The summed E-state index contributed by atoms with van der Waals surface area (Å²) in [6.45, 7) is 11.7. The second-order valence-corrected chi connectivity index (χ2v) is 18.8. The molecular formula is C61H57FIrN3O. The van der Waals surface area contributed by atoms with Crippen LogP contribution in [0.25, 0.3) is 55.7 Å². The van der Waals surface area contributed by atoms with E-state index in [0.717, 1.165) is 24.4 Å². The van der Waals surface area contributed by atoms with Gasteiger partial charge in [0.15, 0.2) is 0 Å². The molecule has 0 N–H and O–H groups in total. The third-order valence-corrected chi connectivity index (χ3v) is 10.8. The van der Waals surface area contributed by atoms with Crippen molar-refractivity contribution in [2.24, 2.45) is 10.8 Å². The van der Waals surface area contributed by atoms with Gasteiger partial charge in [-0.15, -0.1) is 90.0 Å². The molecule has 0 aliphatic heterocycles. The third kappa shape index (κ3) is 11.9. The fourth-order valence-electron chi connectivity index (χ4n) is 7.84. The number of rotatable bonds is 14. The van der Waals surface area contributed by atoms with Gasteiger partial charge in [0.25, 0.3) is 0 Å². The Kier molecular flexibility index (Phi) is 10.4. The predicted molar refractivity (Wildman–Crippen MR) is 268 cm³/mol. The summed E-state index contributed by atoms with van der Waals surface area (Å²) in [7, 11) is 0. The zero-order valence-electron chi connectivity index (χ0n) is 50.2. The summed E-state index contributed by atoms with van der Waals surface area (Å²) in [6.07, 6.45) is -14.2. The molecule has 0 atom stereocenters. The van der Waals surface area contributed by atoms with Crippen LogP contribution in [0.5, 0.6) is 0 Å². The van der Waals surface area contributed by atoms with E-state index in [0.29, 0.717) is 61.1 Å². The maximum Gasteiger partial charge on any atom is 3.00 e. The van der Waals surface area contributed by atoms with E-state index in [4.69, 9.17) is 4.42 Å². The molecule has 67 heavy (non-hydrogen) atoms. The fraction of sp³-hybridized carbons (Fsp3) is 0.262. The van der Waals surface area contributed by atoms with Crippen molar-refractivity contribution in [1.82, 2.24) is 15.0 Å². The zero-order chi connectivity index (χ0) is 56.6. The number of nitrogens with zero attached hydrogens (tertiary/aromatic N) is 3. The summed E-state index contributed by atoms with van der Waals surface area (Å²) in [4.78, 5) is 13.7. The maximum absolute atomic E-state index is 14.2. The molecule has 0 saturated heterocycles. The Morgan fingerprint density at radius 1 is 0.507 bits per heavy atom. The Labute approximate surface area is 426 Å². The Morgan fingerprint density at radius 2 is 1.04 bits per heavy atom. The molecule has 4 nitrogen and oxygen atoms in total. The van der Waals surface area contributed by atoms with Crippen LogP contribution in [0.2, 0.25) is 0 Å². The van der Waals surface area contributed by atoms with Crippen LogP contribution >= 0.6 is 0 Å². The minimum absolute atomic E-state index is 0. The quantitative estimate of drug-likeness (QED) is 0.102. The molecule has 0 bridgehead atoms. The van der Waals surface area contributed by atoms with E-state index in [1.807, 2.05) is 53.7 Å². The topological polar surface area (TPSA) is 51.8 Å². The van der Waals surface area contributed by atoms with Gasteiger partial charge in [0.1, 0.15) is 11.4 Å². The number of benzene rings is 5. The van der Waals surface area contributed by atoms with Crippen molar-refractivity contribution < 1.29 is 45.4 Å². The molecule has 0 aliphatic carbocycles. The third-order valence-electron chi connectivity index (χ3n) is 10.8. The Bertz CT molecular complexity index is 3540. The van der Waals surface area contributed by atoms with Gasteiger partial charge in [-0.2, -0.15) is 0 Å². The normalized spacial score (nSPS) is 15.8. The molecule has 0 unspecified atom stereocenters. The molecule has 4 aromatic heterocycles. The average Bonchev–Trinajstić information content (AvgIpc) is 3.95. The van der Waals surface area contributed by atoms with E-state index in [1.165, 1.54) is 36.7 Å². The van der Waals surface area contributed by atoms with Crippen LogP contribution in [-0.2, 0) is 71.2 Å². The van der Waals surface area contributed by atoms with Gasteiger partial charge in [-0.3, -0.25) is 0 Å². The number of halogens is 1. The number of furan rings is 1. The van der Waals surface area contributed by atoms with Crippen LogP contribution in [0.4, 0.5) is 4.39 Å². The van der Waals surface area contributed by atoms with Gasteiger partial charge in [0.05, 0.1) is 5.58 Å². The van der Waals surface area contributed by atoms with E-state index in [-0.39, 0.29) is 55.3 Å². The molecule has 9 rings (SSSR count). The summed E-state index contributed by atoms with van der Waals surface area (Å²) in [5, 5.41) is 1.32. The maximum atomic E-state index is 14.2. The first-order valence-corrected chi connectivity index (χ1v) is 21.9. The van der Waals surface area contributed by atoms with Crippen molar-refractivity contribution in [1.29, 1.82) is 0 Å². The van der Waals surface area contributed by atoms with Crippen LogP contribution in [0.15, 0.2) is 144 Å². The zero-order valence-corrected chi connectivity index (χ0v) is 40.5. The molecule has 0 spiro atoms. The molecular weight excluding hydrogens is 1000 g/mol. The average molecular weight is 1070 g/mol. The van der Waals surface area contributed by atoms with E-state index < -0.39 is 71.6 Å². The van der Waals surface area contributed by atoms with Gasteiger partial charge in [-0.1, -0.05) is 95.0 Å². The number of aromatic nitrogens is 3. The summed E-state index contributed by atoms with van der Waals surface area (Å²) in [6, 6.07) is 40.4. The van der Waals surface area contributed by atoms with Gasteiger partial charge in [-0.25, -0.2) is 4.39 Å². The van der Waals surface area contributed by atoms with Crippen LogP contribution in [0.3, 0.4) is 0 Å². The van der Waals surface area contributed by atoms with Gasteiger partial charge in [0.2, 0.25) is 0 Å². The van der Waals surface area contributed by atoms with Crippen molar-refractivity contribution >= 4 is 21.9 Å². The largest absolute Gasteiger partial charge is 3.00 e. The van der Waals surface area contributed by atoms with Crippen LogP contribution in [0, 0.1) is 34.8 Å². The second-order valence-electron chi connectivity index (χ2n) is 18.8. The number of pyridine rings is 3. The summed E-state index contributed by atoms with van der Waals surface area (Å²) in [5.74, 6) is -0.487.